The number of benzene rings is 2. The lowest BCUT2D eigenvalue weighted by Gasteiger charge is -2.35. The molecule has 2 aliphatic heterocycles. The first-order valence-corrected chi connectivity index (χ1v) is 13.7. The van der Waals surface area contributed by atoms with Gasteiger partial charge in [0.1, 0.15) is 5.82 Å². The zero-order valence-corrected chi connectivity index (χ0v) is 23.6. The third kappa shape index (κ3) is 5.78. The van der Waals surface area contributed by atoms with Crippen LogP contribution >= 0.6 is 0 Å². The summed E-state index contributed by atoms with van der Waals surface area (Å²) in [4.78, 5) is 32.8. The van der Waals surface area contributed by atoms with Gasteiger partial charge in [0.15, 0.2) is 0 Å². The average Bonchev–Trinajstić information content (AvgIpc) is 3.15. The summed E-state index contributed by atoms with van der Waals surface area (Å²) in [7, 11) is 1.90. The van der Waals surface area contributed by atoms with Gasteiger partial charge in [-0.1, -0.05) is 26.0 Å². The van der Waals surface area contributed by atoms with E-state index < -0.39 is 0 Å². The molecule has 1 aromatic heterocycles. The van der Waals surface area contributed by atoms with Gasteiger partial charge in [0.2, 0.25) is 0 Å². The number of rotatable bonds is 5. The highest BCUT2D eigenvalue weighted by molar-refractivity contribution is 6.08. The maximum Gasteiger partial charge on any atom is 0.317 e. The number of nitrogens with zero attached hydrogens (tertiary/aromatic N) is 5. The van der Waals surface area contributed by atoms with Crippen LogP contribution in [0.2, 0.25) is 0 Å². The topological polar surface area (TPSA) is 85.7 Å². The van der Waals surface area contributed by atoms with Gasteiger partial charge in [-0.15, -0.1) is 0 Å². The van der Waals surface area contributed by atoms with Gasteiger partial charge in [-0.05, 0) is 60.7 Å². The molecule has 3 amide bonds. The Morgan fingerprint density at radius 1 is 1.05 bits per heavy atom. The van der Waals surface area contributed by atoms with Gasteiger partial charge < -0.3 is 20.4 Å². The van der Waals surface area contributed by atoms with E-state index in [1.54, 1.807) is 4.68 Å². The molecule has 9 heteroatoms. The highest BCUT2D eigenvalue weighted by atomic mass is 16.2. The molecule has 0 spiro atoms. The molecule has 0 unspecified atom stereocenters. The van der Waals surface area contributed by atoms with Crippen molar-refractivity contribution in [3.63, 3.8) is 0 Å². The van der Waals surface area contributed by atoms with E-state index in [1.807, 2.05) is 67.2 Å². The molecule has 0 atom stereocenters. The molecule has 2 aromatic carbocycles. The Kier molecular flexibility index (Phi) is 7.61. The van der Waals surface area contributed by atoms with Crippen LogP contribution < -0.4 is 15.5 Å². The summed E-state index contributed by atoms with van der Waals surface area (Å²) in [5.41, 5.74) is 6.38. The number of piperazine rings is 1. The summed E-state index contributed by atoms with van der Waals surface area (Å²) in [5.74, 6) is 1.45. The number of fused-ring (bicyclic) bond motifs is 2. The van der Waals surface area contributed by atoms with Crippen molar-refractivity contribution in [2.75, 3.05) is 42.9 Å². The third-order valence-corrected chi connectivity index (χ3v) is 7.59. The molecule has 1 fully saturated rings. The van der Waals surface area contributed by atoms with Crippen LogP contribution in [-0.4, -0.2) is 64.2 Å². The molecule has 0 bridgehead atoms. The standard InChI is InChI=1S/C30H39N7O2/c1-20(2)18-35-10-12-36(13-11-35)30(39)31-16-24-8-7-23(15-22(24)4)29(38)37-19-25-17-32-34(5)28(25)33-26-14-21(3)6-9-27(26)37/h6-9,14-15,17,20,33H,10-13,16,18-19H2,1-5H3,(H,31,39). The minimum Gasteiger partial charge on any atom is -0.338 e. The van der Waals surface area contributed by atoms with Crippen molar-refractivity contribution >= 4 is 29.1 Å². The Hall–Kier alpha value is -3.85. The van der Waals surface area contributed by atoms with Crippen molar-refractivity contribution in [1.29, 1.82) is 0 Å². The Bertz CT molecular complexity index is 1370. The summed E-state index contributed by atoms with van der Waals surface area (Å²) >= 11 is 0. The lowest BCUT2D eigenvalue weighted by molar-refractivity contribution is 0.0985. The summed E-state index contributed by atoms with van der Waals surface area (Å²) in [6.45, 7) is 13.7. The van der Waals surface area contributed by atoms with Crippen LogP contribution in [0.15, 0.2) is 42.6 Å². The second kappa shape index (κ2) is 11.1. The minimum absolute atomic E-state index is 0.0324. The number of aromatic nitrogens is 2. The lowest BCUT2D eigenvalue weighted by Crippen LogP contribution is -2.52. The van der Waals surface area contributed by atoms with E-state index in [9.17, 15) is 9.59 Å². The van der Waals surface area contributed by atoms with Crippen LogP contribution in [0.25, 0.3) is 0 Å². The summed E-state index contributed by atoms with van der Waals surface area (Å²) in [6, 6.07) is 11.8. The van der Waals surface area contributed by atoms with Crippen molar-refractivity contribution in [2.45, 2.75) is 40.8 Å². The maximum atomic E-state index is 13.8. The van der Waals surface area contributed by atoms with Gasteiger partial charge in [-0.2, -0.15) is 5.10 Å². The van der Waals surface area contributed by atoms with Crippen molar-refractivity contribution in [3.8, 4) is 0 Å². The van der Waals surface area contributed by atoms with Crippen LogP contribution in [0, 0.1) is 19.8 Å². The Labute approximate surface area is 230 Å². The lowest BCUT2D eigenvalue weighted by atomic mass is 10.0. The quantitative estimate of drug-likeness (QED) is 0.511. The smallest absolute Gasteiger partial charge is 0.317 e. The molecule has 39 heavy (non-hydrogen) atoms. The van der Waals surface area contributed by atoms with E-state index >= 15 is 0 Å². The molecule has 2 aliphatic rings. The first kappa shape index (κ1) is 26.7. The van der Waals surface area contributed by atoms with Crippen LogP contribution in [-0.2, 0) is 20.1 Å². The predicted molar refractivity (Wildman–Crippen MR) is 154 cm³/mol. The van der Waals surface area contributed by atoms with Crippen molar-refractivity contribution in [2.24, 2.45) is 13.0 Å². The SMILES string of the molecule is Cc1ccc2c(c1)Nc1c(cnn1C)CN2C(=O)c1ccc(CNC(=O)N2CCN(CC(C)C)CC2)c(C)c1. The second-order valence-corrected chi connectivity index (χ2v) is 11.2. The number of anilines is 3. The molecule has 3 heterocycles. The number of carbonyl (C=O) groups is 2. The van der Waals surface area contributed by atoms with Crippen LogP contribution in [0.4, 0.5) is 22.0 Å². The molecule has 206 valence electrons. The van der Waals surface area contributed by atoms with E-state index in [-0.39, 0.29) is 11.9 Å². The average molecular weight is 530 g/mol. The number of nitrogens with one attached hydrogen (secondary N) is 2. The van der Waals surface area contributed by atoms with Gasteiger partial charge in [0, 0.05) is 57.4 Å². The van der Waals surface area contributed by atoms with Crippen LogP contribution in [0.1, 0.15) is 46.5 Å². The van der Waals surface area contributed by atoms with E-state index in [4.69, 9.17) is 0 Å². The van der Waals surface area contributed by atoms with Gasteiger partial charge in [-0.25, -0.2) is 4.79 Å². The monoisotopic (exact) mass is 529 g/mol. The zero-order valence-electron chi connectivity index (χ0n) is 23.6. The van der Waals surface area contributed by atoms with E-state index in [0.717, 1.165) is 72.2 Å². The fourth-order valence-electron chi connectivity index (χ4n) is 5.43. The largest absolute Gasteiger partial charge is 0.338 e. The molecule has 0 aliphatic carbocycles. The fraction of sp³-hybridized carbons (Fsp3) is 0.433. The molecule has 3 aromatic rings. The number of urea groups is 1. The van der Waals surface area contributed by atoms with Gasteiger partial charge in [0.05, 0.1) is 24.1 Å². The molecule has 0 radical (unpaired) electrons. The molecular formula is C30H39N7O2. The van der Waals surface area contributed by atoms with Crippen LogP contribution in [0.3, 0.4) is 0 Å². The zero-order chi connectivity index (χ0) is 27.7. The molecule has 9 nitrogen and oxygen atoms in total. The van der Waals surface area contributed by atoms with Crippen molar-refractivity contribution in [1.82, 2.24) is 24.9 Å². The molecule has 2 N–H and O–H groups in total. The van der Waals surface area contributed by atoms with Crippen molar-refractivity contribution < 1.29 is 9.59 Å². The first-order valence-electron chi connectivity index (χ1n) is 13.7. The first-order chi connectivity index (χ1) is 18.7. The third-order valence-electron chi connectivity index (χ3n) is 7.59. The molecule has 5 rings (SSSR count). The number of aryl methyl sites for hydroxylation is 3. The molecule has 0 saturated carbocycles. The summed E-state index contributed by atoms with van der Waals surface area (Å²) in [5, 5.41) is 10.9. The highest BCUT2D eigenvalue weighted by Crippen LogP contribution is 2.37. The number of hydrogen-bond donors (Lipinski definition) is 2. The second-order valence-electron chi connectivity index (χ2n) is 11.2. The van der Waals surface area contributed by atoms with Crippen molar-refractivity contribution in [3.05, 3.63) is 70.4 Å². The predicted octanol–water partition coefficient (Wildman–Crippen LogP) is 4.42. The number of hydrogen-bond acceptors (Lipinski definition) is 5. The van der Waals surface area contributed by atoms with Gasteiger partial charge in [0.25, 0.3) is 5.91 Å². The Balaban J connectivity index is 1.27. The van der Waals surface area contributed by atoms with Crippen LogP contribution in [0.5, 0.6) is 0 Å². The summed E-state index contributed by atoms with van der Waals surface area (Å²) in [6.07, 6.45) is 1.81. The molecule has 1 saturated heterocycles. The normalized spacial score (nSPS) is 15.4. The van der Waals surface area contributed by atoms with E-state index in [2.05, 4.69) is 40.5 Å². The fourth-order valence-corrected chi connectivity index (χ4v) is 5.43. The Morgan fingerprint density at radius 2 is 1.82 bits per heavy atom. The Morgan fingerprint density at radius 3 is 2.54 bits per heavy atom. The minimum atomic E-state index is -0.0726. The highest BCUT2D eigenvalue weighted by Gasteiger charge is 2.27. The van der Waals surface area contributed by atoms with E-state index in [0.29, 0.717) is 24.6 Å². The van der Waals surface area contributed by atoms with Gasteiger partial charge in [-0.3, -0.25) is 14.4 Å². The maximum absolute atomic E-state index is 13.8. The van der Waals surface area contributed by atoms with Gasteiger partial charge >= 0.3 is 6.03 Å². The van der Waals surface area contributed by atoms with E-state index in [1.165, 1.54) is 0 Å². The summed E-state index contributed by atoms with van der Waals surface area (Å²) < 4.78 is 1.80. The number of carbonyl (C=O) groups excluding carboxylic acids is 2. The molecular weight excluding hydrogens is 490 g/mol. The number of amides is 3.